The fourth-order valence-electron chi connectivity index (χ4n) is 14.8. The first-order chi connectivity index (χ1) is 68.1. The minimum Gasteiger partial charge on any atom is -0.489 e. The van der Waals surface area contributed by atoms with Crippen molar-refractivity contribution in [1.82, 2.24) is 31.9 Å². The van der Waals surface area contributed by atoms with Gasteiger partial charge in [-0.1, -0.05) is 143 Å². The molecule has 0 saturated heterocycles. The molecule has 0 heterocycles. The number of aromatic hydroxyl groups is 1. The van der Waals surface area contributed by atoms with Crippen molar-refractivity contribution < 1.29 is 144 Å². The number of carboxylic acid groups (broad SMARTS) is 1. The minimum absolute atomic E-state index is 0.0247. The second-order valence-electron chi connectivity index (χ2n) is 36.4. The van der Waals surface area contributed by atoms with Gasteiger partial charge in [-0.15, -0.1) is 0 Å². The van der Waals surface area contributed by atoms with Crippen LogP contribution in [0.25, 0.3) is 0 Å². The van der Waals surface area contributed by atoms with Crippen LogP contribution in [0.1, 0.15) is 219 Å². The number of Topliss-reactive ketones (excluding diaryl/α,β-unsaturated/α-hetero) is 6. The molecule has 0 bridgehead atoms. The first-order valence-corrected chi connectivity index (χ1v) is 47.9. The smallest absolute Gasteiger partial charge is 0.489 e. The summed E-state index contributed by atoms with van der Waals surface area (Å²) < 4.78 is 52.4. The number of esters is 3. The second-order valence-corrected chi connectivity index (χ2v) is 36.4. The van der Waals surface area contributed by atoms with E-state index in [4.69, 9.17) is 48.5 Å². The number of rotatable bonds is 71. The Bertz CT molecular complexity index is 4910. The van der Waals surface area contributed by atoms with Gasteiger partial charge < -0.3 is 39.8 Å². The molecule has 0 aliphatic rings. The summed E-state index contributed by atoms with van der Waals surface area (Å²) in [6, 6.07) is 32.9. The van der Waals surface area contributed by atoms with E-state index in [-0.39, 0.29) is 147 Å². The number of amides is 6. The Kier molecular flexibility index (Phi) is 58.3. The van der Waals surface area contributed by atoms with Crippen molar-refractivity contribution in [3.05, 3.63) is 167 Å². The first kappa shape index (κ1) is 122. The number of ketones is 6. The van der Waals surface area contributed by atoms with Gasteiger partial charge in [-0.05, 0) is 97.5 Å². The number of aliphatic carboxylic acids is 1. The van der Waals surface area contributed by atoms with Gasteiger partial charge in [0.25, 0.3) is 0 Å². The van der Waals surface area contributed by atoms with Crippen molar-refractivity contribution in [2.75, 3.05) is 53.9 Å². The number of phenols is 1. The van der Waals surface area contributed by atoms with E-state index in [0.29, 0.717) is 70.0 Å². The van der Waals surface area contributed by atoms with E-state index < -0.39 is 210 Å². The zero-order valence-electron chi connectivity index (χ0n) is 83.6. The molecule has 38 nitrogen and oxygen atoms in total. The van der Waals surface area contributed by atoms with E-state index in [1.807, 2.05) is 50.2 Å². The number of phenolic OH excluding ortho intramolecular Hbond substituents is 1. The molecule has 778 valence electrons. The molecule has 10 atom stereocenters. The van der Waals surface area contributed by atoms with Crippen molar-refractivity contribution in [1.29, 1.82) is 10.6 Å². The fourth-order valence-corrected chi connectivity index (χ4v) is 14.8. The van der Waals surface area contributed by atoms with E-state index in [2.05, 4.69) is 41.2 Å². The monoisotopic (exact) mass is 1990 g/mol. The van der Waals surface area contributed by atoms with Gasteiger partial charge in [0.1, 0.15) is 36.9 Å². The average molecular weight is 1990 g/mol. The van der Waals surface area contributed by atoms with Crippen molar-refractivity contribution in [2.24, 2.45) is 35.5 Å². The summed E-state index contributed by atoms with van der Waals surface area (Å²) >= 11 is 0. The molecule has 40 heteroatoms. The zero-order chi connectivity index (χ0) is 106. The molecule has 0 saturated carbocycles. The molecule has 0 unspecified atom stereocenters. The summed E-state index contributed by atoms with van der Waals surface area (Å²) in [7, 11) is 3.92. The average Bonchev–Trinajstić information content (AvgIpc) is 0.845. The maximum atomic E-state index is 14.6. The van der Waals surface area contributed by atoms with Crippen LogP contribution in [0, 0.1) is 46.1 Å². The zero-order valence-corrected chi connectivity index (χ0v) is 83.6. The Morgan fingerprint density at radius 3 is 1.06 bits per heavy atom. The number of benzene rings is 5. The van der Waals surface area contributed by atoms with Gasteiger partial charge in [0, 0.05) is 40.9 Å². The number of ether oxygens (including phenoxy) is 8. The summed E-state index contributed by atoms with van der Waals surface area (Å²) in [6.07, 6.45) is -5.27. The summed E-state index contributed by atoms with van der Waals surface area (Å²) in [5.74, 6) is -18.3. The third-order valence-corrected chi connectivity index (χ3v) is 22.1. The summed E-state index contributed by atoms with van der Waals surface area (Å²) in [4.78, 5) is 241. The van der Waals surface area contributed by atoms with Gasteiger partial charge in [0.2, 0.25) is 23.6 Å². The molecule has 10 N–H and O–H groups in total. The van der Waals surface area contributed by atoms with Crippen LogP contribution >= 0.6 is 0 Å². The number of hydrogen-bond donors (Lipinski definition) is 10. The minimum atomic E-state index is -1.48. The SMILES string of the molecule is COCCOCCCC(=O)[C@@H](CCC(=O)OB=N)NC(=O)[C@H](CCC(=O)OCc1ccccc1)CC(=O)[C@@H](CC(C)C)NC(=O)[C@H](CC(=O)O)CC(=O)[C@H](Cc1ccc(O)cc1)NC(C)=O.COCCOCCCC(=O)[C@@H](CCC(=O)OB=N)NC(=O)[C@H](CCC(=O)OCc1ccccc1)CC(=O)[C@@H](CC(C)C)NC(=O)[C@H](CC(=O)OC(C)(C)C)CC(=O)[C@H](Cc1ccc(OCc2ccccc2)cc1)NC(C)=O. The van der Waals surface area contributed by atoms with Crippen molar-refractivity contribution in [3.63, 3.8) is 0 Å². The Morgan fingerprint density at radius 2 is 0.699 bits per heavy atom. The number of carbonyl (C=O) groups excluding carboxylic acids is 17. The van der Waals surface area contributed by atoms with Crippen molar-refractivity contribution in [2.45, 2.75) is 265 Å². The third-order valence-electron chi connectivity index (χ3n) is 22.1. The molecular weight excluding hydrogens is 1850 g/mol. The molecule has 5 aromatic rings. The standard InChI is InChI=1S/C57H77BN4O15.C46H63BN4O15/c1-38(2)31-47(62-56(71)44(35-54(69)76-57(4,5)6)34-51(66)48(60-39(3)63)32-40-20-23-45(24-21-40)74-36-41-15-10-8-11-16-41)50(65)33-43(22-26-52(67)75-37-42-17-12-9-13-18-42)55(70)61-46(25-27-53(68)77-58-59)49(64)19-14-28-73-30-29-72-7;1-29(2)23-37(51-46(62)34(27-42(57)58)26-41(56)38(49-30(3)52)24-31-12-15-35(53)16-13-31)40(55)25-33(14-18-43(59)65-28-32-9-6-5-7-10-32)45(61)50-36(17-19-44(60)66-47-48)39(54)11-8-20-64-22-21-63-4/h8-13,15-18,20-21,23-24,38,43-44,46-48,59H,14,19,22,25-37H2,1-7H3,(H,60,63)(H,61,70)(H,62,71);5-7,9-10,12-13,15-16,29,33-34,36-38,48,53H,8,11,14,17-28H2,1-4H3,(H,49,52)(H,50,61)(H,51,62)(H,57,58)/t43-,44+,46-,47-,48+;33-,34+,36-,37-,38+/m11/s1. The molecular formula is C103H140B2N8O30. The van der Waals surface area contributed by atoms with Crippen molar-refractivity contribution in [3.8, 4) is 11.5 Å². The Hall–Kier alpha value is -13.1. The maximum absolute atomic E-state index is 14.6. The van der Waals surface area contributed by atoms with Crippen molar-refractivity contribution >= 4 is 121 Å². The van der Waals surface area contributed by atoms with Crippen LogP contribution in [0.15, 0.2) is 140 Å². The predicted octanol–water partition coefficient (Wildman–Crippen LogP) is 9.77. The number of methoxy groups -OCH3 is 2. The molecule has 0 aliphatic carbocycles. The Morgan fingerprint density at radius 1 is 0.357 bits per heavy atom. The van der Waals surface area contributed by atoms with E-state index in [1.165, 1.54) is 40.2 Å². The summed E-state index contributed by atoms with van der Waals surface area (Å²) in [5.41, 5.74) is 2.69. The fraction of sp³-hybridized carbons (Fsp3) is 0.534. The van der Waals surface area contributed by atoms with Crippen LogP contribution in [0.2, 0.25) is 0 Å². The van der Waals surface area contributed by atoms with Gasteiger partial charge in [0.05, 0.1) is 36.8 Å². The van der Waals surface area contributed by atoms with Crippen LogP contribution in [0.5, 0.6) is 11.5 Å². The molecule has 0 fully saturated rings. The predicted molar refractivity (Wildman–Crippen MR) is 522 cm³/mol. The number of carboxylic acids is 1. The number of hydrogen-bond acceptors (Lipinski definition) is 31. The Balaban J connectivity index is 0.000000604. The second kappa shape index (κ2) is 68.2. The molecule has 5 aromatic carbocycles. The molecule has 0 radical (unpaired) electrons. The normalized spacial score (nSPS) is 13.1. The van der Waals surface area contributed by atoms with Crippen LogP contribution in [-0.2, 0) is 161 Å². The molecule has 0 aromatic heterocycles. The van der Waals surface area contributed by atoms with Gasteiger partial charge >= 0.3 is 372 Å². The van der Waals surface area contributed by atoms with Gasteiger partial charge in [0.15, 0.2) is 11.6 Å². The Labute approximate surface area is 836 Å². The van der Waals surface area contributed by atoms with E-state index >= 15 is 0 Å². The molecule has 6 amide bonds. The van der Waals surface area contributed by atoms with Crippen LogP contribution in [-0.4, -0.2) is 226 Å². The van der Waals surface area contributed by atoms with Crippen LogP contribution < -0.4 is 36.6 Å². The summed E-state index contributed by atoms with van der Waals surface area (Å²) in [6.45, 7) is 16.5. The van der Waals surface area contributed by atoms with E-state index in [9.17, 15) is 96.5 Å². The third kappa shape index (κ3) is 53.6. The van der Waals surface area contributed by atoms with Gasteiger partial charge in [-0.3, -0.25) is 38.4 Å². The molecule has 143 heavy (non-hydrogen) atoms. The number of nitrogens with one attached hydrogen (secondary N) is 8. The van der Waals surface area contributed by atoms with Crippen LogP contribution in [0.3, 0.4) is 0 Å². The van der Waals surface area contributed by atoms with Gasteiger partial charge in [-0.25, -0.2) is 0 Å². The molecule has 0 spiro atoms. The summed E-state index contributed by atoms with van der Waals surface area (Å²) in [5, 5.41) is 49.5. The van der Waals surface area contributed by atoms with Gasteiger partial charge in [-0.2, -0.15) is 0 Å². The van der Waals surface area contributed by atoms with E-state index in [0.717, 1.165) is 11.1 Å². The quantitative estimate of drug-likeness (QED) is 0.00748. The van der Waals surface area contributed by atoms with E-state index in [1.54, 1.807) is 126 Å². The molecule has 5 rings (SSSR count). The number of carbonyl (C=O) groups is 18. The first-order valence-electron chi connectivity index (χ1n) is 47.9. The van der Waals surface area contributed by atoms with Crippen LogP contribution in [0.4, 0.5) is 0 Å². The molecule has 0 aliphatic heterocycles. The topological polar surface area (TPSA) is 560 Å².